The molecule has 0 aliphatic carbocycles. The van der Waals surface area contributed by atoms with Gasteiger partial charge in [-0.05, 0) is 44.7 Å². The Hall–Kier alpha value is -4.14. The third-order valence-electron chi connectivity index (χ3n) is 7.51. The van der Waals surface area contributed by atoms with Gasteiger partial charge in [0.25, 0.3) is 0 Å². The average molecular weight is 633 g/mol. The van der Waals surface area contributed by atoms with Crippen LogP contribution < -0.4 is 10.8 Å². The number of aromatic nitrogens is 4. The van der Waals surface area contributed by atoms with Gasteiger partial charge in [0, 0.05) is 44.2 Å². The highest BCUT2D eigenvalue weighted by atomic mass is 32.2. The van der Waals surface area contributed by atoms with Gasteiger partial charge in [0.1, 0.15) is 0 Å². The number of hydrogen-bond acceptors (Lipinski definition) is 10. The summed E-state index contributed by atoms with van der Waals surface area (Å²) in [6.07, 6.45) is 0.333. The second-order valence-corrected chi connectivity index (χ2v) is 11.7. The highest BCUT2D eigenvalue weighted by molar-refractivity contribution is 7.99. The van der Waals surface area contributed by atoms with Crippen LogP contribution in [0.3, 0.4) is 0 Å². The molecule has 3 atom stereocenters. The molecule has 1 aliphatic heterocycles. The zero-order chi connectivity index (χ0) is 31.6. The molecule has 0 bridgehead atoms. The first-order valence-corrected chi connectivity index (χ1v) is 15.7. The molecule has 0 unspecified atom stereocenters. The Bertz CT molecular complexity index is 1570. The van der Waals surface area contributed by atoms with Gasteiger partial charge < -0.3 is 19.9 Å². The Morgan fingerprint density at radius 3 is 2.42 bits per heavy atom. The summed E-state index contributed by atoms with van der Waals surface area (Å²) < 4.78 is 14.6. The fraction of sp³-hybridized carbons (Fsp3) is 0.344. The number of nitrogens with zero attached hydrogens (tertiary/aromatic N) is 4. The largest absolute Gasteiger partial charge is 0.392 e. The fourth-order valence-electron chi connectivity index (χ4n) is 5.06. The number of rotatable bonds is 13. The summed E-state index contributed by atoms with van der Waals surface area (Å²) in [6, 6.07) is 23.7. The zero-order valence-corrected chi connectivity index (χ0v) is 25.7. The summed E-state index contributed by atoms with van der Waals surface area (Å²) >= 11 is 1.53. The van der Waals surface area contributed by atoms with Crippen molar-refractivity contribution in [2.45, 2.75) is 62.5 Å². The molecule has 2 heterocycles. The van der Waals surface area contributed by atoms with Gasteiger partial charge in [-0.25, -0.2) is 10.2 Å². The summed E-state index contributed by atoms with van der Waals surface area (Å²) in [5.41, 5.74) is 7.23. The number of benzene rings is 3. The van der Waals surface area contributed by atoms with E-state index in [1.807, 2.05) is 72.8 Å². The number of carbonyl (C=O) groups excluding carboxylic acids is 2. The number of aliphatic hydroxyl groups is 1. The first kappa shape index (κ1) is 32.3. The highest BCUT2D eigenvalue weighted by Gasteiger charge is 2.32. The number of thioether (sulfide) groups is 1. The quantitative estimate of drug-likeness (QED) is 0.0964. The second kappa shape index (κ2) is 15.7. The van der Waals surface area contributed by atoms with E-state index in [0.717, 1.165) is 33.4 Å². The number of hydroxylamine groups is 1. The first-order chi connectivity index (χ1) is 21.9. The first-order valence-electron chi connectivity index (χ1n) is 14.7. The molecule has 1 saturated heterocycles. The summed E-state index contributed by atoms with van der Waals surface area (Å²) in [5.74, 6) is -0.0339. The van der Waals surface area contributed by atoms with Crippen molar-refractivity contribution in [3.63, 3.8) is 0 Å². The van der Waals surface area contributed by atoms with Gasteiger partial charge in [0.05, 0.1) is 18.8 Å². The summed E-state index contributed by atoms with van der Waals surface area (Å²) in [5, 5.41) is 33.4. The lowest BCUT2D eigenvalue weighted by Gasteiger charge is -2.36. The maximum Gasteiger partial charge on any atom is 0.243 e. The van der Waals surface area contributed by atoms with Crippen LogP contribution in [0.5, 0.6) is 0 Å². The topological polar surface area (TPSA) is 161 Å². The monoisotopic (exact) mass is 632 g/mol. The predicted octanol–water partition coefficient (Wildman–Crippen LogP) is 4.00. The van der Waals surface area contributed by atoms with E-state index in [1.165, 1.54) is 11.8 Å². The maximum absolute atomic E-state index is 12.3. The number of tetrazole rings is 1. The fourth-order valence-corrected chi connectivity index (χ4v) is 5.92. The van der Waals surface area contributed by atoms with E-state index in [4.69, 9.17) is 14.7 Å². The minimum Gasteiger partial charge on any atom is -0.392 e. The van der Waals surface area contributed by atoms with Crippen LogP contribution in [-0.4, -0.2) is 54.2 Å². The number of nitrogens with one attached hydrogen (secondary N) is 2. The van der Waals surface area contributed by atoms with Gasteiger partial charge in [-0.15, -0.1) is 5.10 Å². The van der Waals surface area contributed by atoms with Crippen LogP contribution in [0, 0.1) is 0 Å². The van der Waals surface area contributed by atoms with Gasteiger partial charge >= 0.3 is 0 Å². The van der Waals surface area contributed by atoms with Crippen molar-refractivity contribution < 1.29 is 29.4 Å². The standard InChI is InChI=1S/C32H36N6O6S/c1-38-32(34-36-37-38)45-20-26-17-28(23-11-9-21(19-39)10-12-23)44-31(43-26)24-15-13-22(14-16-24)27-6-3-2-5-25(27)18-33-29(40)7-4-8-30(41)35-42/h2-3,5-6,9-16,26,28,31,39,42H,4,7-8,17-20H2,1H3,(H,33,40)(H,35,41)/t26-,28+,31+/m0/s1. The van der Waals surface area contributed by atoms with E-state index in [9.17, 15) is 14.7 Å². The average Bonchev–Trinajstić information content (AvgIpc) is 3.50. The Balaban J connectivity index is 1.28. The van der Waals surface area contributed by atoms with E-state index >= 15 is 0 Å². The Kier molecular flexibility index (Phi) is 11.3. The van der Waals surface area contributed by atoms with E-state index in [-0.39, 0.29) is 37.6 Å². The Morgan fingerprint density at radius 1 is 0.978 bits per heavy atom. The number of aliphatic hydroxyl groups excluding tert-OH is 1. The molecule has 3 aromatic carbocycles. The van der Waals surface area contributed by atoms with E-state index < -0.39 is 12.2 Å². The van der Waals surface area contributed by atoms with Crippen LogP contribution in [0.2, 0.25) is 0 Å². The maximum atomic E-state index is 12.3. The van der Waals surface area contributed by atoms with Crippen molar-refractivity contribution in [1.29, 1.82) is 0 Å². The SMILES string of the molecule is Cn1nnnc1SC[C@@H]1C[C@H](c2ccc(CO)cc2)O[C@H](c2ccc(-c3ccccc3CNC(=O)CCCC(=O)NO)cc2)O1. The van der Waals surface area contributed by atoms with Gasteiger partial charge in [0.15, 0.2) is 6.29 Å². The van der Waals surface area contributed by atoms with E-state index in [2.05, 4.69) is 20.8 Å². The normalized spacial score (nSPS) is 18.0. The number of aryl methyl sites for hydroxylation is 1. The Labute approximate surface area is 265 Å². The molecule has 0 saturated carbocycles. The van der Waals surface area contributed by atoms with Crippen LogP contribution in [0.15, 0.2) is 78.0 Å². The molecule has 1 fully saturated rings. The van der Waals surface area contributed by atoms with Crippen molar-refractivity contribution in [2.75, 3.05) is 5.75 Å². The van der Waals surface area contributed by atoms with Crippen molar-refractivity contribution in [3.05, 3.63) is 95.1 Å². The lowest BCUT2D eigenvalue weighted by Crippen LogP contribution is -2.31. The van der Waals surface area contributed by atoms with Gasteiger partial charge in [-0.2, -0.15) is 0 Å². The van der Waals surface area contributed by atoms with Crippen molar-refractivity contribution in [1.82, 2.24) is 31.0 Å². The molecule has 5 rings (SSSR count). The van der Waals surface area contributed by atoms with Crippen LogP contribution >= 0.6 is 11.8 Å². The third-order valence-corrected chi connectivity index (χ3v) is 8.66. The Morgan fingerprint density at radius 2 is 1.71 bits per heavy atom. The molecule has 12 nitrogen and oxygen atoms in total. The molecular weight excluding hydrogens is 596 g/mol. The molecule has 13 heteroatoms. The van der Waals surface area contributed by atoms with Crippen LogP contribution in [0.25, 0.3) is 11.1 Å². The van der Waals surface area contributed by atoms with Gasteiger partial charge in [-0.3, -0.25) is 14.8 Å². The van der Waals surface area contributed by atoms with E-state index in [0.29, 0.717) is 30.3 Å². The highest BCUT2D eigenvalue weighted by Crippen LogP contribution is 2.39. The molecule has 4 N–H and O–H groups in total. The minimum atomic E-state index is -0.596. The summed E-state index contributed by atoms with van der Waals surface area (Å²) in [4.78, 5) is 23.5. The molecular formula is C32H36N6O6S. The third kappa shape index (κ3) is 8.74. The van der Waals surface area contributed by atoms with Gasteiger partial charge in [-0.1, -0.05) is 84.6 Å². The summed E-state index contributed by atoms with van der Waals surface area (Å²) in [6.45, 7) is 0.324. The van der Waals surface area contributed by atoms with Crippen LogP contribution in [-0.2, 0) is 39.3 Å². The van der Waals surface area contributed by atoms with Crippen LogP contribution in [0.4, 0.5) is 0 Å². The molecule has 1 aromatic heterocycles. The number of carbonyl (C=O) groups is 2. The van der Waals surface area contributed by atoms with Crippen molar-refractivity contribution in [2.24, 2.45) is 7.05 Å². The lowest BCUT2D eigenvalue weighted by atomic mass is 9.97. The summed E-state index contributed by atoms with van der Waals surface area (Å²) in [7, 11) is 1.80. The molecule has 45 heavy (non-hydrogen) atoms. The number of ether oxygens (including phenoxy) is 2. The van der Waals surface area contributed by atoms with E-state index in [1.54, 1.807) is 17.2 Å². The number of amides is 2. The second-order valence-electron chi connectivity index (χ2n) is 10.7. The smallest absolute Gasteiger partial charge is 0.243 e. The molecule has 2 amide bonds. The molecule has 236 valence electrons. The van der Waals surface area contributed by atoms with Gasteiger partial charge in [0.2, 0.25) is 17.0 Å². The molecule has 4 aromatic rings. The van der Waals surface area contributed by atoms with Crippen molar-refractivity contribution in [3.8, 4) is 11.1 Å². The zero-order valence-electron chi connectivity index (χ0n) is 24.8. The van der Waals surface area contributed by atoms with Crippen molar-refractivity contribution >= 4 is 23.6 Å². The van der Waals surface area contributed by atoms with Crippen LogP contribution in [0.1, 0.15) is 60.3 Å². The molecule has 0 radical (unpaired) electrons. The molecule has 0 spiro atoms. The number of hydrogen-bond donors (Lipinski definition) is 4. The lowest BCUT2D eigenvalue weighted by molar-refractivity contribution is -0.245. The predicted molar refractivity (Wildman–Crippen MR) is 165 cm³/mol. The molecule has 1 aliphatic rings. The minimum absolute atomic E-state index is 0.0180.